The van der Waals surface area contributed by atoms with Crippen molar-refractivity contribution in [3.05, 3.63) is 47.1 Å². The summed E-state index contributed by atoms with van der Waals surface area (Å²) >= 11 is 5.72. The normalized spacial score (nSPS) is 10.2. The Morgan fingerprint density at radius 1 is 1.25 bits per heavy atom. The molecule has 0 amide bonds. The number of aryl methyl sites for hydroxylation is 1. The molecular formula is C11H9ClFN3. The molecule has 3 nitrogen and oxygen atoms in total. The van der Waals surface area contributed by atoms with Gasteiger partial charge >= 0.3 is 0 Å². The highest BCUT2D eigenvalue weighted by molar-refractivity contribution is 6.29. The molecule has 1 aromatic carbocycles. The van der Waals surface area contributed by atoms with E-state index in [-0.39, 0.29) is 5.82 Å². The first-order valence-corrected chi connectivity index (χ1v) is 5.03. The van der Waals surface area contributed by atoms with Crippen molar-refractivity contribution < 1.29 is 4.39 Å². The Kier molecular flexibility index (Phi) is 3.01. The van der Waals surface area contributed by atoms with E-state index in [2.05, 4.69) is 15.3 Å². The van der Waals surface area contributed by atoms with E-state index in [1.165, 1.54) is 12.4 Å². The van der Waals surface area contributed by atoms with Crippen molar-refractivity contribution in [1.29, 1.82) is 0 Å². The topological polar surface area (TPSA) is 37.8 Å². The molecule has 82 valence electrons. The van der Waals surface area contributed by atoms with E-state index >= 15 is 0 Å². The standard InChI is InChI=1S/C11H9ClFN3/c1-7-4-8(2-3-9(7)13)16-11-5-10(12)14-6-15-11/h2-6H,1H3,(H,14,15,16). The van der Waals surface area contributed by atoms with Crippen LogP contribution in [0.2, 0.25) is 5.15 Å². The van der Waals surface area contributed by atoms with Crippen LogP contribution in [0.3, 0.4) is 0 Å². The molecule has 2 rings (SSSR count). The number of hydrogen-bond acceptors (Lipinski definition) is 3. The van der Waals surface area contributed by atoms with Crippen molar-refractivity contribution in [1.82, 2.24) is 9.97 Å². The monoisotopic (exact) mass is 237 g/mol. The second kappa shape index (κ2) is 4.45. The first kappa shape index (κ1) is 10.8. The van der Waals surface area contributed by atoms with Crippen molar-refractivity contribution in [3.8, 4) is 0 Å². The summed E-state index contributed by atoms with van der Waals surface area (Å²) in [6.07, 6.45) is 1.36. The number of hydrogen-bond donors (Lipinski definition) is 1. The third-order valence-corrected chi connectivity index (χ3v) is 2.27. The molecular weight excluding hydrogens is 229 g/mol. The van der Waals surface area contributed by atoms with E-state index in [4.69, 9.17) is 11.6 Å². The lowest BCUT2D eigenvalue weighted by molar-refractivity contribution is 0.619. The Bertz CT molecular complexity index is 516. The number of rotatable bonds is 2. The fourth-order valence-corrected chi connectivity index (χ4v) is 1.42. The van der Waals surface area contributed by atoms with Crippen molar-refractivity contribution in [2.45, 2.75) is 6.92 Å². The summed E-state index contributed by atoms with van der Waals surface area (Å²) in [5.41, 5.74) is 1.33. The molecule has 0 atom stereocenters. The van der Waals surface area contributed by atoms with Gasteiger partial charge < -0.3 is 5.32 Å². The van der Waals surface area contributed by atoms with Crippen LogP contribution in [0.25, 0.3) is 0 Å². The first-order chi connectivity index (χ1) is 7.65. The van der Waals surface area contributed by atoms with Crippen LogP contribution in [0.15, 0.2) is 30.6 Å². The zero-order valence-electron chi connectivity index (χ0n) is 8.54. The van der Waals surface area contributed by atoms with Crippen LogP contribution in [0.1, 0.15) is 5.56 Å². The second-order valence-corrected chi connectivity index (χ2v) is 3.70. The van der Waals surface area contributed by atoms with Crippen LogP contribution >= 0.6 is 11.6 Å². The molecule has 16 heavy (non-hydrogen) atoms. The molecule has 1 aromatic heterocycles. The molecule has 0 radical (unpaired) electrons. The van der Waals surface area contributed by atoms with Gasteiger partial charge in [0, 0.05) is 11.8 Å². The van der Waals surface area contributed by atoms with Crippen LogP contribution in [-0.4, -0.2) is 9.97 Å². The van der Waals surface area contributed by atoms with Gasteiger partial charge in [-0.05, 0) is 30.7 Å². The fourth-order valence-electron chi connectivity index (χ4n) is 1.27. The minimum Gasteiger partial charge on any atom is -0.340 e. The third-order valence-electron chi connectivity index (χ3n) is 2.06. The molecule has 0 saturated carbocycles. The fraction of sp³-hybridized carbons (Fsp3) is 0.0909. The summed E-state index contributed by atoms with van der Waals surface area (Å²) in [5.74, 6) is 0.345. The lowest BCUT2D eigenvalue weighted by atomic mass is 10.2. The quantitative estimate of drug-likeness (QED) is 0.815. The van der Waals surface area contributed by atoms with E-state index in [1.807, 2.05) is 0 Å². The van der Waals surface area contributed by atoms with Crippen LogP contribution in [-0.2, 0) is 0 Å². The lowest BCUT2D eigenvalue weighted by Crippen LogP contribution is -1.95. The van der Waals surface area contributed by atoms with Gasteiger partial charge in [-0.3, -0.25) is 0 Å². The van der Waals surface area contributed by atoms with Gasteiger partial charge in [0.25, 0.3) is 0 Å². The highest BCUT2D eigenvalue weighted by Gasteiger charge is 2.01. The number of anilines is 2. The number of nitrogens with one attached hydrogen (secondary N) is 1. The van der Waals surface area contributed by atoms with Gasteiger partial charge in [-0.25, -0.2) is 14.4 Å². The number of halogens is 2. The Hall–Kier alpha value is -1.68. The largest absolute Gasteiger partial charge is 0.340 e. The van der Waals surface area contributed by atoms with E-state index in [9.17, 15) is 4.39 Å². The predicted molar refractivity (Wildman–Crippen MR) is 61.5 cm³/mol. The minimum atomic E-state index is -0.230. The van der Waals surface area contributed by atoms with Crippen molar-refractivity contribution >= 4 is 23.1 Å². The molecule has 2 aromatic rings. The Morgan fingerprint density at radius 3 is 2.75 bits per heavy atom. The van der Waals surface area contributed by atoms with Gasteiger partial charge in [0.05, 0.1) is 0 Å². The zero-order valence-corrected chi connectivity index (χ0v) is 9.29. The Balaban J connectivity index is 2.24. The Morgan fingerprint density at radius 2 is 2.06 bits per heavy atom. The summed E-state index contributed by atoms with van der Waals surface area (Å²) in [4.78, 5) is 7.75. The molecule has 1 N–H and O–H groups in total. The zero-order chi connectivity index (χ0) is 11.5. The molecule has 0 saturated heterocycles. The Labute approximate surface area is 97.3 Å². The maximum absolute atomic E-state index is 13.0. The average molecular weight is 238 g/mol. The van der Waals surface area contributed by atoms with Gasteiger partial charge in [0.15, 0.2) is 0 Å². The van der Waals surface area contributed by atoms with Crippen LogP contribution in [0, 0.1) is 12.7 Å². The highest BCUT2D eigenvalue weighted by Crippen LogP contribution is 2.18. The lowest BCUT2D eigenvalue weighted by Gasteiger charge is -2.06. The van der Waals surface area contributed by atoms with Gasteiger partial charge in [-0.15, -0.1) is 0 Å². The molecule has 0 unspecified atom stereocenters. The second-order valence-electron chi connectivity index (χ2n) is 3.31. The van der Waals surface area contributed by atoms with Crippen LogP contribution < -0.4 is 5.32 Å². The molecule has 0 fully saturated rings. The summed E-state index contributed by atoms with van der Waals surface area (Å²) in [6.45, 7) is 1.70. The number of benzene rings is 1. The number of aromatic nitrogens is 2. The smallest absolute Gasteiger partial charge is 0.135 e. The molecule has 0 aliphatic rings. The van der Waals surface area contributed by atoms with Crippen molar-refractivity contribution in [2.75, 3.05) is 5.32 Å². The van der Waals surface area contributed by atoms with Gasteiger partial charge in [0.1, 0.15) is 23.1 Å². The SMILES string of the molecule is Cc1cc(Nc2cc(Cl)ncn2)ccc1F. The van der Waals surface area contributed by atoms with Crippen LogP contribution in [0.4, 0.5) is 15.9 Å². The van der Waals surface area contributed by atoms with Crippen molar-refractivity contribution in [3.63, 3.8) is 0 Å². The van der Waals surface area contributed by atoms with Crippen molar-refractivity contribution in [2.24, 2.45) is 0 Å². The van der Waals surface area contributed by atoms with E-state index < -0.39 is 0 Å². The summed E-state index contributed by atoms with van der Waals surface area (Å²) in [6, 6.07) is 6.34. The highest BCUT2D eigenvalue weighted by atomic mass is 35.5. The molecule has 1 heterocycles. The van der Waals surface area contributed by atoms with Gasteiger partial charge in [-0.2, -0.15) is 0 Å². The summed E-state index contributed by atoms with van der Waals surface area (Å²) < 4.78 is 13.0. The average Bonchev–Trinajstić information content (AvgIpc) is 2.24. The van der Waals surface area contributed by atoms with E-state index in [0.717, 1.165) is 5.69 Å². The summed E-state index contributed by atoms with van der Waals surface area (Å²) in [7, 11) is 0. The minimum absolute atomic E-state index is 0.230. The van der Waals surface area contributed by atoms with E-state index in [0.29, 0.717) is 16.5 Å². The maximum atomic E-state index is 13.0. The molecule has 5 heteroatoms. The third kappa shape index (κ3) is 2.46. The summed E-state index contributed by atoms with van der Waals surface area (Å²) in [5, 5.41) is 3.37. The first-order valence-electron chi connectivity index (χ1n) is 4.66. The molecule has 0 aliphatic carbocycles. The maximum Gasteiger partial charge on any atom is 0.135 e. The molecule has 0 bridgehead atoms. The van der Waals surface area contributed by atoms with E-state index in [1.54, 1.807) is 25.1 Å². The van der Waals surface area contributed by atoms with Gasteiger partial charge in [0.2, 0.25) is 0 Å². The number of nitrogens with zero attached hydrogens (tertiary/aromatic N) is 2. The molecule has 0 spiro atoms. The van der Waals surface area contributed by atoms with Gasteiger partial charge in [-0.1, -0.05) is 11.6 Å². The van der Waals surface area contributed by atoms with Crippen LogP contribution in [0.5, 0.6) is 0 Å². The predicted octanol–water partition coefficient (Wildman–Crippen LogP) is 3.32. The molecule has 0 aliphatic heterocycles.